The average Bonchev–Trinajstić information content (AvgIpc) is 2.97. The number of hydrogen-bond acceptors (Lipinski definition) is 2. The van der Waals surface area contributed by atoms with Crippen LogP contribution >= 0.6 is 5.45 Å². The second kappa shape index (κ2) is 10.8. The third-order valence-corrected chi connectivity index (χ3v) is 13.7. The molecule has 0 bridgehead atoms. The molecule has 0 saturated heterocycles. The molecule has 2 nitrogen and oxygen atoms in total. The Bertz CT molecular complexity index is 1360. The maximum absolute atomic E-state index is 5.85. The number of benzene rings is 5. The SMILES string of the molecule is COc1ccccc1-c1cccc(-c2ccccc2OC)c1[PH]([Pd])(c1ccccc1)c1ccccc1. The van der Waals surface area contributed by atoms with E-state index in [1.807, 2.05) is 24.3 Å². The molecule has 0 aromatic heterocycles. The molecule has 5 aromatic carbocycles. The monoisotopic (exact) mass is 581 g/mol. The Balaban J connectivity index is 1.95. The number of hydrogen-bond donors (Lipinski definition) is 0. The summed E-state index contributed by atoms with van der Waals surface area (Å²) in [5, 5.41) is 3.86. The Kier molecular flexibility index (Phi) is 7.36. The van der Waals surface area contributed by atoms with Gasteiger partial charge in [0, 0.05) is 0 Å². The summed E-state index contributed by atoms with van der Waals surface area (Å²) in [5.74, 6) is 1.70. The predicted octanol–water partition coefficient (Wildman–Crippen LogP) is 6.53. The third-order valence-electron chi connectivity index (χ3n) is 6.50. The van der Waals surface area contributed by atoms with Crippen molar-refractivity contribution in [1.82, 2.24) is 0 Å². The molecule has 36 heavy (non-hydrogen) atoms. The molecule has 5 aromatic rings. The van der Waals surface area contributed by atoms with E-state index in [4.69, 9.17) is 9.47 Å². The van der Waals surface area contributed by atoms with Crippen molar-refractivity contribution in [3.63, 3.8) is 0 Å². The van der Waals surface area contributed by atoms with Gasteiger partial charge in [-0.2, -0.15) is 0 Å². The van der Waals surface area contributed by atoms with Gasteiger partial charge < -0.3 is 0 Å². The van der Waals surface area contributed by atoms with Crippen LogP contribution in [-0.2, 0) is 18.7 Å². The molecule has 0 unspecified atom stereocenters. The van der Waals surface area contributed by atoms with Crippen molar-refractivity contribution in [2.45, 2.75) is 0 Å². The van der Waals surface area contributed by atoms with Crippen molar-refractivity contribution in [2.24, 2.45) is 0 Å². The van der Waals surface area contributed by atoms with Gasteiger partial charge in [0.05, 0.1) is 0 Å². The predicted molar refractivity (Wildman–Crippen MR) is 151 cm³/mol. The zero-order chi connectivity index (χ0) is 25.0. The first-order valence-electron chi connectivity index (χ1n) is 11.9. The third kappa shape index (κ3) is 4.40. The molecule has 0 aliphatic heterocycles. The van der Waals surface area contributed by atoms with E-state index in [1.165, 1.54) is 15.9 Å². The van der Waals surface area contributed by atoms with Gasteiger partial charge in [-0.1, -0.05) is 0 Å². The summed E-state index contributed by atoms with van der Waals surface area (Å²) in [4.78, 5) is 0. The van der Waals surface area contributed by atoms with Crippen LogP contribution in [0.15, 0.2) is 127 Å². The molecule has 0 heterocycles. The van der Waals surface area contributed by atoms with Crippen LogP contribution in [-0.4, -0.2) is 14.2 Å². The van der Waals surface area contributed by atoms with Crippen molar-refractivity contribution < 1.29 is 28.2 Å². The molecule has 0 amide bonds. The van der Waals surface area contributed by atoms with Crippen LogP contribution in [0.25, 0.3) is 22.3 Å². The van der Waals surface area contributed by atoms with Gasteiger partial charge in [-0.05, 0) is 0 Å². The Morgan fingerprint density at radius 1 is 0.444 bits per heavy atom. The number of ether oxygens (including phenoxy) is 2. The fourth-order valence-electron chi connectivity index (χ4n) is 4.86. The Hall–Kier alpha value is -3.21. The molecule has 0 aliphatic carbocycles. The summed E-state index contributed by atoms with van der Waals surface area (Å²) < 4.78 is 11.7. The summed E-state index contributed by atoms with van der Waals surface area (Å²) in [7, 11) is 3.47. The summed E-state index contributed by atoms with van der Waals surface area (Å²) in [6.07, 6.45) is 0. The van der Waals surface area contributed by atoms with Crippen LogP contribution in [0.5, 0.6) is 11.5 Å². The van der Waals surface area contributed by atoms with Gasteiger partial charge in [-0.3, -0.25) is 0 Å². The second-order valence-corrected chi connectivity index (χ2v) is 14.8. The van der Waals surface area contributed by atoms with Gasteiger partial charge in [0.15, 0.2) is 0 Å². The van der Waals surface area contributed by atoms with E-state index in [1.54, 1.807) is 14.2 Å². The summed E-state index contributed by atoms with van der Waals surface area (Å²) in [6, 6.07) is 44.7. The van der Waals surface area contributed by atoms with Crippen LogP contribution in [0, 0.1) is 0 Å². The fraction of sp³-hybridized carbons (Fsp3) is 0.0625. The summed E-state index contributed by atoms with van der Waals surface area (Å²) >= 11 is 4.06. The molecule has 183 valence electrons. The normalized spacial score (nSPS) is 11.7. The van der Waals surface area contributed by atoms with Gasteiger partial charge in [0.25, 0.3) is 0 Å². The maximum atomic E-state index is 5.85. The molecule has 0 atom stereocenters. The van der Waals surface area contributed by atoms with Crippen molar-refractivity contribution in [3.8, 4) is 33.8 Å². The zero-order valence-electron chi connectivity index (χ0n) is 20.3. The van der Waals surface area contributed by atoms with E-state index in [2.05, 4.69) is 122 Å². The van der Waals surface area contributed by atoms with E-state index >= 15 is 0 Å². The quantitative estimate of drug-likeness (QED) is 0.161. The molecule has 0 saturated carbocycles. The second-order valence-electron chi connectivity index (χ2n) is 8.47. The van der Waals surface area contributed by atoms with E-state index in [0.717, 1.165) is 33.8 Å². The first-order valence-corrected chi connectivity index (χ1v) is 16.0. The standard InChI is InChI=1S/C32H27O2P.Pd/c1-33-30-22-11-9-18-26(30)28-20-13-21-29(27-19-10-12-23-31(27)34-2)32(28)35(24-14-5-3-6-15-24)25-16-7-4-8-17-25;/h3-23H,1-2H3;/q;-1/p+1. The molecule has 0 fully saturated rings. The molecular formula is C32H28O2PPd. The minimum absolute atomic E-state index is 0.852. The van der Waals surface area contributed by atoms with Crippen molar-refractivity contribution >= 4 is 21.4 Å². The van der Waals surface area contributed by atoms with Crippen molar-refractivity contribution in [1.29, 1.82) is 0 Å². The summed E-state index contributed by atoms with van der Waals surface area (Å²) in [5.41, 5.74) is 1.79. The van der Waals surface area contributed by atoms with E-state index in [9.17, 15) is 0 Å². The molecule has 5 rings (SSSR count). The average molecular weight is 582 g/mol. The first-order chi connectivity index (χ1) is 17.7. The Morgan fingerprint density at radius 3 is 1.22 bits per heavy atom. The van der Waals surface area contributed by atoms with Gasteiger partial charge >= 0.3 is 225 Å². The Morgan fingerprint density at radius 2 is 0.806 bits per heavy atom. The fourth-order valence-corrected chi connectivity index (χ4v) is 11.0. The number of para-hydroxylation sites is 2. The molecule has 0 radical (unpaired) electrons. The van der Waals surface area contributed by atoms with Crippen LogP contribution in [0.4, 0.5) is 0 Å². The van der Waals surface area contributed by atoms with Crippen LogP contribution in [0.3, 0.4) is 0 Å². The van der Waals surface area contributed by atoms with Crippen molar-refractivity contribution in [2.75, 3.05) is 14.2 Å². The molecule has 4 heteroatoms. The summed E-state index contributed by atoms with van der Waals surface area (Å²) in [6.45, 7) is 0. The van der Waals surface area contributed by atoms with E-state index in [-0.39, 0.29) is 0 Å². The first kappa shape index (κ1) is 24.5. The van der Waals surface area contributed by atoms with E-state index < -0.39 is 5.45 Å². The molecule has 0 N–H and O–H groups in total. The Labute approximate surface area is 224 Å². The minimum atomic E-state index is -2.66. The van der Waals surface area contributed by atoms with Gasteiger partial charge in [-0.15, -0.1) is 0 Å². The van der Waals surface area contributed by atoms with Gasteiger partial charge in [0.2, 0.25) is 0 Å². The van der Waals surface area contributed by atoms with Gasteiger partial charge in [-0.25, -0.2) is 0 Å². The molecule has 0 aliphatic rings. The van der Waals surface area contributed by atoms with Crippen molar-refractivity contribution in [3.05, 3.63) is 127 Å². The molecular weight excluding hydrogens is 554 g/mol. The topological polar surface area (TPSA) is 18.5 Å². The van der Waals surface area contributed by atoms with E-state index in [0.29, 0.717) is 0 Å². The number of rotatable bonds is 7. The zero-order valence-corrected chi connectivity index (χ0v) is 22.8. The number of methoxy groups -OCH3 is 2. The van der Waals surface area contributed by atoms with Crippen LogP contribution in [0.1, 0.15) is 0 Å². The van der Waals surface area contributed by atoms with Gasteiger partial charge in [0.1, 0.15) is 0 Å². The molecule has 0 spiro atoms. The van der Waals surface area contributed by atoms with Crippen LogP contribution in [0.2, 0.25) is 0 Å². The van der Waals surface area contributed by atoms with Crippen LogP contribution < -0.4 is 25.4 Å².